The first-order chi connectivity index (χ1) is 16.5. The Morgan fingerprint density at radius 2 is 1.97 bits per heavy atom. The Morgan fingerprint density at radius 1 is 1.18 bits per heavy atom. The minimum Gasteiger partial charge on any atom is -0.383 e. The third-order valence-corrected chi connectivity index (χ3v) is 5.26. The molecule has 1 amide bonds. The summed E-state index contributed by atoms with van der Waals surface area (Å²) in [5, 5.41) is 13.4. The van der Waals surface area contributed by atoms with Gasteiger partial charge in [-0.05, 0) is 36.4 Å². The molecule has 0 aliphatic carbocycles. The summed E-state index contributed by atoms with van der Waals surface area (Å²) in [6, 6.07) is 11.8. The minimum absolute atomic E-state index is 0.0911. The van der Waals surface area contributed by atoms with Crippen molar-refractivity contribution in [1.29, 1.82) is 5.41 Å². The molecule has 5 N–H and O–H groups in total. The number of rotatable bonds is 7. The maximum absolute atomic E-state index is 14.8. The zero-order chi connectivity index (χ0) is 24.1. The van der Waals surface area contributed by atoms with Crippen LogP contribution >= 0.6 is 0 Å². The van der Waals surface area contributed by atoms with E-state index in [4.69, 9.17) is 15.9 Å². The number of anilines is 5. The summed E-state index contributed by atoms with van der Waals surface area (Å²) in [5.74, 6) is -0.482. The Bertz CT molecular complexity index is 1240. The average molecular weight is 462 g/mol. The summed E-state index contributed by atoms with van der Waals surface area (Å²) < 4.78 is 20.1. The van der Waals surface area contributed by atoms with Crippen LogP contribution in [0, 0.1) is 11.2 Å². The van der Waals surface area contributed by atoms with E-state index < -0.39 is 0 Å². The van der Waals surface area contributed by atoms with Crippen LogP contribution in [-0.2, 0) is 9.53 Å². The molecule has 0 bridgehead atoms. The molecule has 0 spiro atoms. The summed E-state index contributed by atoms with van der Waals surface area (Å²) in [4.78, 5) is 22.3. The molecular weight excluding hydrogens is 437 g/mol. The van der Waals surface area contributed by atoms with E-state index in [1.54, 1.807) is 36.4 Å². The lowest BCUT2D eigenvalue weighted by Gasteiger charge is -2.29. The van der Waals surface area contributed by atoms with Crippen LogP contribution in [0.15, 0.2) is 55.1 Å². The molecule has 0 saturated carbocycles. The van der Waals surface area contributed by atoms with E-state index in [2.05, 4.69) is 27.2 Å². The Hall–Kier alpha value is -4.31. The summed E-state index contributed by atoms with van der Waals surface area (Å²) >= 11 is 0. The van der Waals surface area contributed by atoms with Crippen molar-refractivity contribution in [2.45, 2.75) is 0 Å². The molecule has 9 nitrogen and oxygen atoms in total. The third kappa shape index (κ3) is 5.02. The molecule has 1 aromatic heterocycles. The second-order valence-electron chi connectivity index (χ2n) is 7.50. The number of amides is 1. The smallest absolute Gasteiger partial charge is 0.247 e. The topological polar surface area (TPSA) is 129 Å². The zero-order valence-corrected chi connectivity index (χ0v) is 18.3. The predicted octanol–water partition coefficient (Wildman–Crippen LogP) is 3.57. The number of carbonyl (C=O) groups excluding carboxylic acids is 1. The van der Waals surface area contributed by atoms with Crippen molar-refractivity contribution in [1.82, 2.24) is 9.97 Å². The quantitative estimate of drug-likeness (QED) is 0.313. The van der Waals surface area contributed by atoms with Gasteiger partial charge < -0.3 is 31.4 Å². The lowest BCUT2D eigenvalue weighted by Crippen LogP contribution is -2.36. The molecule has 0 atom stereocenters. The molecule has 34 heavy (non-hydrogen) atoms. The van der Waals surface area contributed by atoms with Crippen molar-refractivity contribution >= 4 is 41.0 Å². The van der Waals surface area contributed by atoms with Gasteiger partial charge in [0.1, 0.15) is 11.6 Å². The van der Waals surface area contributed by atoms with Gasteiger partial charge in [0.25, 0.3) is 0 Å². The molecule has 2 heterocycles. The molecule has 10 heteroatoms. The van der Waals surface area contributed by atoms with Crippen molar-refractivity contribution in [3.63, 3.8) is 0 Å². The molecule has 0 radical (unpaired) electrons. The van der Waals surface area contributed by atoms with Crippen molar-refractivity contribution in [3.8, 4) is 11.3 Å². The monoisotopic (exact) mass is 461 g/mol. The van der Waals surface area contributed by atoms with Gasteiger partial charge in [-0.3, -0.25) is 4.79 Å². The van der Waals surface area contributed by atoms with Crippen LogP contribution in [0.4, 0.5) is 33.2 Å². The lowest BCUT2D eigenvalue weighted by molar-refractivity contribution is -0.111. The second-order valence-corrected chi connectivity index (χ2v) is 7.50. The average Bonchev–Trinajstić information content (AvgIpc) is 2.84. The van der Waals surface area contributed by atoms with Crippen LogP contribution in [-0.4, -0.2) is 48.4 Å². The number of morpholine rings is 1. The van der Waals surface area contributed by atoms with Gasteiger partial charge in [-0.1, -0.05) is 18.7 Å². The highest BCUT2D eigenvalue weighted by molar-refractivity contribution is 5.99. The molecular formula is C24H24FN7O2. The molecule has 1 fully saturated rings. The standard InChI is InChI=1S/C24H24FN7O2/c1-2-21(33)28-16-5-3-4-15(12-16)22-18(14-26)23(27)31-24(30-22)29-17-6-7-20(19(25)13-17)32-8-10-34-11-9-32/h2-7,12-14,26H,1,8-11H2,(H,28,33)(H3,27,29,30,31). The van der Waals surface area contributed by atoms with Crippen LogP contribution in [0.1, 0.15) is 5.56 Å². The van der Waals surface area contributed by atoms with E-state index in [-0.39, 0.29) is 23.5 Å². The van der Waals surface area contributed by atoms with Crippen molar-refractivity contribution in [2.75, 3.05) is 47.6 Å². The Morgan fingerprint density at radius 3 is 2.68 bits per heavy atom. The van der Waals surface area contributed by atoms with Crippen molar-refractivity contribution in [2.24, 2.45) is 0 Å². The fraction of sp³-hybridized carbons (Fsp3) is 0.167. The molecule has 174 valence electrons. The van der Waals surface area contributed by atoms with E-state index in [0.29, 0.717) is 60.2 Å². The van der Waals surface area contributed by atoms with Crippen LogP contribution < -0.4 is 21.3 Å². The normalized spacial score (nSPS) is 13.3. The number of hydrogen-bond acceptors (Lipinski definition) is 8. The van der Waals surface area contributed by atoms with Gasteiger partial charge in [0, 0.05) is 36.2 Å². The number of nitrogens with one attached hydrogen (secondary N) is 3. The molecule has 3 aromatic rings. The van der Waals surface area contributed by atoms with Crippen molar-refractivity contribution in [3.05, 3.63) is 66.5 Å². The first-order valence-corrected chi connectivity index (χ1v) is 10.6. The molecule has 0 unspecified atom stereocenters. The largest absolute Gasteiger partial charge is 0.383 e. The number of hydrogen-bond donors (Lipinski definition) is 4. The molecule has 4 rings (SSSR count). The molecule has 1 saturated heterocycles. The van der Waals surface area contributed by atoms with Crippen LogP contribution in [0.3, 0.4) is 0 Å². The first-order valence-electron chi connectivity index (χ1n) is 10.6. The number of nitrogen functional groups attached to an aromatic ring is 1. The van der Waals surface area contributed by atoms with Gasteiger partial charge in [-0.2, -0.15) is 4.98 Å². The summed E-state index contributed by atoms with van der Waals surface area (Å²) in [6.45, 7) is 5.83. The van der Waals surface area contributed by atoms with Crippen LogP contribution in [0.25, 0.3) is 11.3 Å². The minimum atomic E-state index is -0.373. The first kappa shape index (κ1) is 22.9. The Labute approximate surface area is 196 Å². The van der Waals surface area contributed by atoms with Gasteiger partial charge in [-0.15, -0.1) is 0 Å². The Balaban J connectivity index is 1.64. The van der Waals surface area contributed by atoms with Crippen LogP contribution in [0.5, 0.6) is 0 Å². The molecule has 1 aliphatic heterocycles. The van der Waals surface area contributed by atoms with E-state index in [0.717, 1.165) is 6.21 Å². The lowest BCUT2D eigenvalue weighted by atomic mass is 10.1. The number of benzene rings is 2. The second kappa shape index (κ2) is 10.1. The Kier molecular flexibility index (Phi) is 6.79. The number of halogens is 1. The third-order valence-electron chi connectivity index (χ3n) is 5.26. The predicted molar refractivity (Wildman–Crippen MR) is 131 cm³/mol. The number of aromatic nitrogens is 2. The van der Waals surface area contributed by atoms with Gasteiger partial charge in [0.15, 0.2) is 0 Å². The van der Waals surface area contributed by atoms with Crippen LogP contribution in [0.2, 0.25) is 0 Å². The van der Waals surface area contributed by atoms with Gasteiger partial charge >= 0.3 is 0 Å². The van der Waals surface area contributed by atoms with Crippen molar-refractivity contribution < 1.29 is 13.9 Å². The maximum Gasteiger partial charge on any atom is 0.247 e. The number of ether oxygens (including phenoxy) is 1. The van der Waals surface area contributed by atoms with Gasteiger partial charge in [-0.25, -0.2) is 9.37 Å². The number of carbonyl (C=O) groups is 1. The highest BCUT2D eigenvalue weighted by Crippen LogP contribution is 2.29. The summed E-state index contributed by atoms with van der Waals surface area (Å²) in [7, 11) is 0. The zero-order valence-electron chi connectivity index (χ0n) is 18.3. The molecule has 1 aliphatic rings. The SMILES string of the molecule is C=CC(=O)Nc1cccc(-c2nc(Nc3ccc(N4CCOCC4)c(F)c3)nc(N)c2C=N)c1. The fourth-order valence-electron chi connectivity index (χ4n) is 3.62. The van der Waals surface area contributed by atoms with E-state index in [9.17, 15) is 9.18 Å². The fourth-order valence-corrected chi connectivity index (χ4v) is 3.62. The highest BCUT2D eigenvalue weighted by Gasteiger charge is 2.17. The van der Waals surface area contributed by atoms with Gasteiger partial charge in [0.05, 0.1) is 30.2 Å². The summed E-state index contributed by atoms with van der Waals surface area (Å²) in [6.07, 6.45) is 2.24. The maximum atomic E-state index is 14.8. The summed E-state index contributed by atoms with van der Waals surface area (Å²) in [5.41, 5.74) is 8.93. The van der Waals surface area contributed by atoms with Gasteiger partial charge in [0.2, 0.25) is 11.9 Å². The van der Waals surface area contributed by atoms with E-state index in [1.165, 1.54) is 12.1 Å². The number of nitrogens with two attached hydrogens (primary N) is 1. The number of nitrogens with zero attached hydrogens (tertiary/aromatic N) is 3. The molecule has 2 aromatic carbocycles. The highest BCUT2D eigenvalue weighted by atomic mass is 19.1. The van der Waals surface area contributed by atoms with E-state index in [1.807, 2.05) is 4.90 Å². The van der Waals surface area contributed by atoms with E-state index >= 15 is 0 Å².